The molecule has 1 N–H and O–H groups in total. The second-order valence-corrected chi connectivity index (χ2v) is 21.1. The number of hydrogen-bond donors (Lipinski definition) is 1. The van der Waals surface area contributed by atoms with Crippen LogP contribution in [0.3, 0.4) is 0 Å². The van der Waals surface area contributed by atoms with E-state index in [1.165, 1.54) is 6.07 Å². The first-order valence-electron chi connectivity index (χ1n) is 21.6. The van der Waals surface area contributed by atoms with Crippen LogP contribution in [0.4, 0.5) is 17.1 Å². The van der Waals surface area contributed by atoms with E-state index in [1.54, 1.807) is 42.5 Å². The molecule has 0 aliphatic heterocycles. The maximum absolute atomic E-state index is 13.0. The van der Waals surface area contributed by atoms with Crippen LogP contribution in [-0.4, -0.2) is 64.7 Å². The summed E-state index contributed by atoms with van der Waals surface area (Å²) in [6.07, 6.45) is 16.5. The van der Waals surface area contributed by atoms with Crippen LogP contribution >= 0.6 is 0 Å². The van der Waals surface area contributed by atoms with Crippen LogP contribution < -0.4 is 4.90 Å². The molecule has 5 rings (SSSR count). The second kappa shape index (κ2) is 21.9. The lowest BCUT2D eigenvalue weighted by Crippen LogP contribution is -2.18. The normalized spacial score (nSPS) is 13.1. The van der Waals surface area contributed by atoms with Crippen molar-refractivity contribution in [2.75, 3.05) is 29.5 Å². The van der Waals surface area contributed by atoms with Gasteiger partial charge in [-0.3, -0.25) is 4.55 Å². The van der Waals surface area contributed by atoms with Crippen LogP contribution in [-0.2, 0) is 29.8 Å². The minimum atomic E-state index is -4.60. The van der Waals surface area contributed by atoms with Crippen molar-refractivity contribution in [3.63, 3.8) is 0 Å². The van der Waals surface area contributed by atoms with Gasteiger partial charge < -0.3 is 4.90 Å². The summed E-state index contributed by atoms with van der Waals surface area (Å²) in [6.45, 7) is 9.74. The van der Waals surface area contributed by atoms with Crippen molar-refractivity contribution < 1.29 is 34.4 Å². The summed E-state index contributed by atoms with van der Waals surface area (Å²) in [7, 11) is -11.4. The fourth-order valence-corrected chi connectivity index (χ4v) is 10.9. The number of nitrogens with zero attached hydrogens (tertiary/aromatic N) is 2. The molecule has 61 heavy (non-hydrogen) atoms. The smallest absolute Gasteiger partial charge is 0.295 e. The predicted molar refractivity (Wildman–Crippen MR) is 250 cm³/mol. The van der Waals surface area contributed by atoms with Gasteiger partial charge in [0.25, 0.3) is 10.1 Å². The van der Waals surface area contributed by atoms with Gasteiger partial charge >= 0.3 is 0 Å². The molecule has 12 heteroatoms. The molecule has 9 nitrogen and oxygen atoms in total. The van der Waals surface area contributed by atoms with E-state index in [4.69, 9.17) is 0 Å². The summed E-state index contributed by atoms with van der Waals surface area (Å²) in [6, 6.07) is 28.4. The van der Waals surface area contributed by atoms with Crippen LogP contribution in [0.1, 0.15) is 103 Å². The van der Waals surface area contributed by atoms with Crippen molar-refractivity contribution in [1.29, 1.82) is 0 Å². The number of benzene rings is 4. The summed E-state index contributed by atoms with van der Waals surface area (Å²) in [5, 5.41) is 0. The van der Waals surface area contributed by atoms with E-state index >= 15 is 0 Å². The SMILES string of the molecule is CCCCCS(=O)(=O)c1ccc(N(CCCC)c2ccc(C(=C3C=CC(=[N+](CCCC)c4ccc(S(=O)(=O)CCCCC)cc4)C=C3)c3ccccc3S(=O)(=O)O)cc2)cc1. The lowest BCUT2D eigenvalue weighted by Gasteiger charge is -2.26. The predicted octanol–water partition coefficient (Wildman–Crippen LogP) is 11.3. The largest absolute Gasteiger partial charge is 0.341 e. The Bertz CT molecular complexity index is 2540. The zero-order valence-corrected chi connectivity index (χ0v) is 38.4. The van der Waals surface area contributed by atoms with Crippen molar-refractivity contribution in [2.24, 2.45) is 0 Å². The molecular formula is C49H61N2O7S3+. The molecule has 0 saturated heterocycles. The lowest BCUT2D eigenvalue weighted by molar-refractivity contribution is -0.439. The Labute approximate surface area is 364 Å². The summed E-state index contributed by atoms with van der Waals surface area (Å²) in [5.74, 6) is 0.254. The highest BCUT2D eigenvalue weighted by atomic mass is 32.2. The van der Waals surface area contributed by atoms with E-state index in [9.17, 15) is 29.8 Å². The van der Waals surface area contributed by atoms with Crippen molar-refractivity contribution in [1.82, 2.24) is 0 Å². The van der Waals surface area contributed by atoms with Crippen molar-refractivity contribution in [3.05, 3.63) is 138 Å². The molecule has 326 valence electrons. The van der Waals surface area contributed by atoms with E-state index in [2.05, 4.69) is 23.3 Å². The minimum absolute atomic E-state index is 0.127. The minimum Gasteiger partial charge on any atom is -0.341 e. The van der Waals surface area contributed by atoms with Gasteiger partial charge in [0, 0.05) is 54.2 Å². The topological polar surface area (TPSA) is 129 Å². The molecule has 1 aliphatic carbocycles. The number of hydrogen-bond acceptors (Lipinski definition) is 7. The van der Waals surface area contributed by atoms with Crippen molar-refractivity contribution >= 4 is 58.1 Å². The molecule has 0 aromatic heterocycles. The maximum Gasteiger partial charge on any atom is 0.295 e. The molecule has 0 atom stereocenters. The van der Waals surface area contributed by atoms with Gasteiger partial charge in [0.15, 0.2) is 19.7 Å². The first kappa shape index (κ1) is 47.4. The van der Waals surface area contributed by atoms with Gasteiger partial charge in [-0.15, -0.1) is 0 Å². The molecule has 1 aliphatic rings. The summed E-state index contributed by atoms with van der Waals surface area (Å²) in [5.41, 5.74) is 5.93. The molecule has 0 saturated carbocycles. The highest BCUT2D eigenvalue weighted by Crippen LogP contribution is 2.36. The Kier molecular flexibility index (Phi) is 17.1. The van der Waals surface area contributed by atoms with Gasteiger partial charge in [0.2, 0.25) is 11.4 Å². The zero-order valence-electron chi connectivity index (χ0n) is 36.0. The van der Waals surface area contributed by atoms with Gasteiger partial charge in [-0.05, 0) is 103 Å². The summed E-state index contributed by atoms with van der Waals surface area (Å²) >= 11 is 0. The van der Waals surface area contributed by atoms with Gasteiger partial charge in [0.05, 0.1) is 21.3 Å². The van der Waals surface area contributed by atoms with Gasteiger partial charge in [-0.1, -0.05) is 96.6 Å². The fourth-order valence-electron chi connectivity index (χ4n) is 7.43. The van der Waals surface area contributed by atoms with E-state index < -0.39 is 29.8 Å². The van der Waals surface area contributed by atoms with Crippen molar-refractivity contribution in [3.8, 4) is 0 Å². The van der Waals surface area contributed by atoms with E-state index in [0.717, 1.165) is 85.3 Å². The standard InChI is InChI=1S/C49H60N2O7S3/c1-5-9-15-37-59(52,53)45-31-27-43(28-32-45)50(35-11-7-3)41-23-19-39(20-24-41)49(47-17-13-14-18-48(47)61(56,57)58)40-21-25-42(26-22-40)51(36-12-8-4)44-29-33-46(34-30-44)60(54,55)38-16-10-6-2/h13-14,17-34H,5-12,15-16,35-38H2,1-4H3/p+1. The average molecular weight is 886 g/mol. The Morgan fingerprint density at radius 2 is 1.05 bits per heavy atom. The quantitative estimate of drug-likeness (QED) is 0.0469. The first-order valence-corrected chi connectivity index (χ1v) is 26.3. The third-order valence-electron chi connectivity index (χ3n) is 10.9. The molecule has 4 aromatic carbocycles. The Hall–Kier alpha value is -4.62. The fraction of sp³-hybridized carbons (Fsp3) is 0.367. The van der Waals surface area contributed by atoms with Crippen LogP contribution in [0, 0.1) is 0 Å². The van der Waals surface area contributed by atoms with E-state index in [1.807, 2.05) is 86.7 Å². The molecule has 0 bridgehead atoms. The molecule has 4 aromatic rings. The van der Waals surface area contributed by atoms with Crippen LogP contribution in [0.2, 0.25) is 0 Å². The maximum atomic E-state index is 13.0. The highest BCUT2D eigenvalue weighted by Gasteiger charge is 2.24. The number of anilines is 2. The number of allylic oxidation sites excluding steroid dienone is 5. The molecule has 0 spiro atoms. The second-order valence-electron chi connectivity index (χ2n) is 15.5. The Balaban J connectivity index is 1.55. The van der Waals surface area contributed by atoms with Crippen molar-refractivity contribution in [2.45, 2.75) is 107 Å². The third-order valence-corrected chi connectivity index (χ3v) is 15.4. The third kappa shape index (κ3) is 12.5. The van der Waals surface area contributed by atoms with Gasteiger partial charge in [0.1, 0.15) is 11.4 Å². The number of unbranched alkanes of at least 4 members (excludes halogenated alkanes) is 6. The first-order chi connectivity index (χ1) is 29.2. The van der Waals surface area contributed by atoms with E-state index in [-0.39, 0.29) is 16.4 Å². The molecule has 0 fully saturated rings. The summed E-state index contributed by atoms with van der Waals surface area (Å²) in [4.78, 5) is 2.58. The lowest BCUT2D eigenvalue weighted by atomic mass is 9.90. The number of rotatable bonds is 22. The van der Waals surface area contributed by atoms with Gasteiger partial charge in [-0.25, -0.2) is 16.8 Å². The molecule has 0 heterocycles. The monoisotopic (exact) mass is 885 g/mol. The average Bonchev–Trinajstić information content (AvgIpc) is 3.25. The van der Waals surface area contributed by atoms with E-state index in [0.29, 0.717) is 46.9 Å². The Morgan fingerprint density at radius 3 is 1.56 bits per heavy atom. The van der Waals surface area contributed by atoms with Crippen LogP contribution in [0.15, 0.2) is 142 Å². The molecule has 0 unspecified atom stereocenters. The highest BCUT2D eigenvalue weighted by molar-refractivity contribution is 7.91. The zero-order chi connectivity index (χ0) is 44.0. The molecule has 0 radical (unpaired) electrons. The Morgan fingerprint density at radius 1 is 0.557 bits per heavy atom. The molecular weight excluding hydrogens is 825 g/mol. The molecule has 0 amide bonds. The van der Waals surface area contributed by atoms with Gasteiger partial charge in [-0.2, -0.15) is 13.0 Å². The summed E-state index contributed by atoms with van der Waals surface area (Å²) < 4.78 is 90.1. The van der Waals surface area contributed by atoms with Crippen LogP contribution in [0.25, 0.3) is 5.57 Å². The van der Waals surface area contributed by atoms with Crippen LogP contribution in [0.5, 0.6) is 0 Å². The number of sulfone groups is 2.